The van der Waals surface area contributed by atoms with Crippen LogP contribution in [-0.4, -0.2) is 20.9 Å². The molecule has 0 radical (unpaired) electrons. The Hall–Kier alpha value is -2.67. The highest BCUT2D eigenvalue weighted by molar-refractivity contribution is 6.34. The molecule has 2 rings (SSSR count). The SMILES string of the molecule is O=C(Nc1ccc([N+](=O)[O-])cc1O)c1cnccc1Cl. The molecule has 0 fully saturated rings. The molecule has 102 valence electrons. The molecule has 1 aromatic carbocycles. The van der Waals surface area contributed by atoms with Gasteiger partial charge in [0.15, 0.2) is 0 Å². The monoisotopic (exact) mass is 293 g/mol. The Balaban J connectivity index is 2.25. The minimum Gasteiger partial charge on any atom is -0.506 e. The molecule has 0 unspecified atom stereocenters. The molecule has 7 nitrogen and oxygen atoms in total. The molecule has 8 heteroatoms. The molecule has 0 aliphatic carbocycles. The van der Waals surface area contributed by atoms with Gasteiger partial charge in [-0.15, -0.1) is 0 Å². The van der Waals surface area contributed by atoms with Gasteiger partial charge in [-0.05, 0) is 12.1 Å². The molecule has 0 aliphatic rings. The lowest BCUT2D eigenvalue weighted by molar-refractivity contribution is -0.384. The summed E-state index contributed by atoms with van der Waals surface area (Å²) in [5.74, 6) is -0.986. The van der Waals surface area contributed by atoms with Gasteiger partial charge in [0.25, 0.3) is 11.6 Å². The Morgan fingerprint density at radius 2 is 2.15 bits per heavy atom. The van der Waals surface area contributed by atoms with Gasteiger partial charge in [-0.25, -0.2) is 0 Å². The third-order valence-corrected chi connectivity index (χ3v) is 2.78. The number of carbonyl (C=O) groups is 1. The minimum atomic E-state index is -0.649. The van der Waals surface area contributed by atoms with E-state index >= 15 is 0 Å². The van der Waals surface area contributed by atoms with Gasteiger partial charge < -0.3 is 10.4 Å². The van der Waals surface area contributed by atoms with Crippen molar-refractivity contribution in [1.29, 1.82) is 0 Å². The fraction of sp³-hybridized carbons (Fsp3) is 0. The molecule has 0 saturated heterocycles. The second-order valence-corrected chi connectivity index (χ2v) is 4.18. The number of hydrogen-bond donors (Lipinski definition) is 2. The number of amides is 1. The van der Waals surface area contributed by atoms with Gasteiger partial charge in [0, 0.05) is 18.5 Å². The number of aromatic hydroxyl groups is 1. The first-order valence-corrected chi connectivity index (χ1v) is 5.75. The normalized spacial score (nSPS) is 10.1. The average Bonchev–Trinajstić information content (AvgIpc) is 2.41. The number of carbonyl (C=O) groups excluding carboxylic acids is 1. The lowest BCUT2D eigenvalue weighted by Crippen LogP contribution is -2.12. The summed E-state index contributed by atoms with van der Waals surface area (Å²) in [5.41, 5.74) is -0.104. The largest absolute Gasteiger partial charge is 0.506 e. The zero-order valence-electron chi connectivity index (χ0n) is 9.91. The number of hydrogen-bond acceptors (Lipinski definition) is 5. The van der Waals surface area contributed by atoms with E-state index in [4.69, 9.17) is 11.6 Å². The molecule has 0 spiro atoms. The fourth-order valence-corrected chi connectivity index (χ4v) is 1.66. The Morgan fingerprint density at radius 3 is 2.75 bits per heavy atom. The summed E-state index contributed by atoms with van der Waals surface area (Å²) in [5, 5.41) is 22.8. The van der Waals surface area contributed by atoms with E-state index in [0.29, 0.717) is 0 Å². The molecular weight excluding hydrogens is 286 g/mol. The van der Waals surface area contributed by atoms with E-state index in [-0.39, 0.29) is 22.0 Å². The van der Waals surface area contributed by atoms with Gasteiger partial charge in [-0.2, -0.15) is 0 Å². The van der Waals surface area contributed by atoms with Crippen molar-refractivity contribution in [3.63, 3.8) is 0 Å². The van der Waals surface area contributed by atoms with Crippen molar-refractivity contribution in [2.24, 2.45) is 0 Å². The van der Waals surface area contributed by atoms with Crippen molar-refractivity contribution in [3.8, 4) is 5.75 Å². The van der Waals surface area contributed by atoms with Crippen LogP contribution in [0, 0.1) is 10.1 Å². The highest BCUT2D eigenvalue weighted by Gasteiger charge is 2.15. The van der Waals surface area contributed by atoms with E-state index in [0.717, 1.165) is 6.07 Å². The van der Waals surface area contributed by atoms with Crippen LogP contribution in [0.5, 0.6) is 5.75 Å². The van der Waals surface area contributed by atoms with Crippen molar-refractivity contribution in [2.75, 3.05) is 5.32 Å². The van der Waals surface area contributed by atoms with Crippen molar-refractivity contribution >= 4 is 28.9 Å². The van der Waals surface area contributed by atoms with Gasteiger partial charge >= 0.3 is 0 Å². The zero-order valence-corrected chi connectivity index (χ0v) is 10.7. The number of non-ortho nitro benzene ring substituents is 1. The van der Waals surface area contributed by atoms with E-state index < -0.39 is 16.6 Å². The van der Waals surface area contributed by atoms with Crippen molar-refractivity contribution in [3.05, 3.63) is 57.4 Å². The van der Waals surface area contributed by atoms with E-state index in [1.165, 1.54) is 30.6 Å². The van der Waals surface area contributed by atoms with Gasteiger partial charge in [0.1, 0.15) is 5.75 Å². The number of phenols is 1. The topological polar surface area (TPSA) is 105 Å². The number of nitrogens with zero attached hydrogens (tertiary/aromatic N) is 2. The van der Waals surface area contributed by atoms with Crippen molar-refractivity contribution < 1.29 is 14.8 Å². The molecule has 1 aromatic heterocycles. The second kappa shape index (κ2) is 5.54. The Kier molecular flexibility index (Phi) is 3.81. The number of anilines is 1. The summed E-state index contributed by atoms with van der Waals surface area (Å²) in [6.07, 6.45) is 2.71. The van der Waals surface area contributed by atoms with Crippen LogP contribution in [-0.2, 0) is 0 Å². The minimum absolute atomic E-state index is 0.0421. The first-order valence-electron chi connectivity index (χ1n) is 5.37. The van der Waals surface area contributed by atoms with Crippen LogP contribution in [0.25, 0.3) is 0 Å². The Morgan fingerprint density at radius 1 is 1.40 bits per heavy atom. The summed E-state index contributed by atoms with van der Waals surface area (Å²) >= 11 is 5.84. The first kappa shape index (κ1) is 13.8. The van der Waals surface area contributed by atoms with Gasteiger partial charge in [-0.3, -0.25) is 19.9 Å². The molecule has 0 saturated carbocycles. The standard InChI is InChI=1S/C12H8ClN3O4/c13-9-3-4-14-6-8(9)12(18)15-10-2-1-7(16(19)20)5-11(10)17/h1-6,17H,(H,15,18). The molecule has 20 heavy (non-hydrogen) atoms. The molecule has 0 bridgehead atoms. The van der Waals surface area contributed by atoms with Gasteiger partial charge in [-0.1, -0.05) is 11.6 Å². The maximum absolute atomic E-state index is 11.9. The molecule has 1 amide bonds. The number of phenolic OH excluding ortho intramolecular Hbond substituents is 1. The number of pyridine rings is 1. The molecule has 2 N–H and O–H groups in total. The predicted molar refractivity (Wildman–Crippen MR) is 72.0 cm³/mol. The number of aromatic nitrogens is 1. The van der Waals surface area contributed by atoms with Crippen LogP contribution < -0.4 is 5.32 Å². The molecule has 0 aliphatic heterocycles. The number of nitro benzene ring substituents is 1. The molecule has 2 aromatic rings. The molecule has 1 heterocycles. The number of benzene rings is 1. The van der Waals surface area contributed by atoms with Crippen LogP contribution >= 0.6 is 11.6 Å². The lowest BCUT2D eigenvalue weighted by atomic mass is 10.2. The third kappa shape index (κ3) is 2.83. The highest BCUT2D eigenvalue weighted by Crippen LogP contribution is 2.28. The van der Waals surface area contributed by atoms with Crippen molar-refractivity contribution in [1.82, 2.24) is 4.98 Å². The summed E-state index contributed by atoms with van der Waals surface area (Å²) in [7, 11) is 0. The van der Waals surface area contributed by atoms with Gasteiger partial charge in [0.2, 0.25) is 0 Å². The fourth-order valence-electron chi connectivity index (χ4n) is 1.47. The quantitative estimate of drug-likeness (QED) is 0.514. The van der Waals surface area contributed by atoms with E-state index in [2.05, 4.69) is 10.3 Å². The average molecular weight is 294 g/mol. The van der Waals surface area contributed by atoms with Crippen molar-refractivity contribution in [2.45, 2.75) is 0 Å². The Labute approximate surface area is 118 Å². The summed E-state index contributed by atoms with van der Waals surface area (Å²) in [4.78, 5) is 25.6. The summed E-state index contributed by atoms with van der Waals surface area (Å²) < 4.78 is 0. The Bertz CT molecular complexity index is 690. The first-order chi connectivity index (χ1) is 9.49. The lowest BCUT2D eigenvalue weighted by Gasteiger charge is -2.07. The maximum atomic E-state index is 11.9. The third-order valence-electron chi connectivity index (χ3n) is 2.45. The predicted octanol–water partition coefficient (Wildman–Crippen LogP) is 2.60. The van der Waals surface area contributed by atoms with E-state index in [1.54, 1.807) is 0 Å². The highest BCUT2D eigenvalue weighted by atomic mass is 35.5. The smallest absolute Gasteiger partial charge is 0.273 e. The van der Waals surface area contributed by atoms with Crippen LogP contribution in [0.2, 0.25) is 5.02 Å². The maximum Gasteiger partial charge on any atom is 0.273 e. The molecule has 0 atom stereocenters. The number of nitrogens with one attached hydrogen (secondary N) is 1. The van der Waals surface area contributed by atoms with Gasteiger partial charge in [0.05, 0.1) is 27.3 Å². The van der Waals surface area contributed by atoms with Crippen LogP contribution in [0.3, 0.4) is 0 Å². The molecular formula is C12H8ClN3O4. The van der Waals surface area contributed by atoms with Crippen LogP contribution in [0.4, 0.5) is 11.4 Å². The van der Waals surface area contributed by atoms with Crippen LogP contribution in [0.15, 0.2) is 36.7 Å². The summed E-state index contributed by atoms with van der Waals surface area (Å²) in [6, 6.07) is 4.79. The zero-order chi connectivity index (χ0) is 14.7. The number of nitro groups is 1. The van der Waals surface area contributed by atoms with E-state index in [9.17, 15) is 20.0 Å². The van der Waals surface area contributed by atoms with Crippen LogP contribution in [0.1, 0.15) is 10.4 Å². The number of halogens is 1. The van der Waals surface area contributed by atoms with E-state index in [1.807, 2.05) is 0 Å². The summed E-state index contributed by atoms with van der Waals surface area (Å²) in [6.45, 7) is 0. The number of rotatable bonds is 3. The second-order valence-electron chi connectivity index (χ2n) is 3.77.